The van der Waals surface area contributed by atoms with Crippen molar-refractivity contribution in [1.29, 1.82) is 0 Å². The fourth-order valence-electron chi connectivity index (χ4n) is 5.56. The molecule has 1 saturated heterocycles. The quantitative estimate of drug-likeness (QED) is 0.321. The number of hydrogen-bond donors (Lipinski definition) is 3. The summed E-state index contributed by atoms with van der Waals surface area (Å²) in [6, 6.07) is 20.2. The van der Waals surface area contributed by atoms with Crippen LogP contribution in [0.15, 0.2) is 72.8 Å². The summed E-state index contributed by atoms with van der Waals surface area (Å²) in [6.45, 7) is 8.28. The van der Waals surface area contributed by atoms with Gasteiger partial charge in [-0.15, -0.1) is 0 Å². The zero-order chi connectivity index (χ0) is 30.9. The topological polar surface area (TPSA) is 116 Å². The second-order valence-corrected chi connectivity index (χ2v) is 14.1. The van der Waals surface area contributed by atoms with Crippen molar-refractivity contribution in [3.63, 3.8) is 0 Å². The smallest absolute Gasteiger partial charge is 0.251 e. The number of piperidine rings is 1. The minimum atomic E-state index is -3.51. The SMILES string of the molecule is CC(C)[C@@H](NC(=O)c1cccc(-c2ccccc2NS(C)(=O)=O)c1)C(=O)N1CC[C@](O)(c2ccc(Cl)cc2)C(C)(C)C1. The molecule has 224 valence electrons. The number of amides is 2. The molecule has 1 aliphatic heterocycles. The Morgan fingerprint density at radius 1 is 1.00 bits per heavy atom. The highest BCUT2D eigenvalue weighted by Gasteiger charge is 2.50. The lowest BCUT2D eigenvalue weighted by atomic mass is 9.66. The average Bonchev–Trinajstić information content (AvgIpc) is 2.92. The van der Waals surface area contributed by atoms with Gasteiger partial charge in [0.1, 0.15) is 6.04 Å². The normalized spacial score (nSPS) is 19.3. The Bertz CT molecular complexity index is 1570. The first kappa shape index (κ1) is 31.5. The summed E-state index contributed by atoms with van der Waals surface area (Å²) in [5.74, 6) is -0.806. The van der Waals surface area contributed by atoms with Crippen LogP contribution in [0.5, 0.6) is 0 Å². The number of rotatable bonds is 8. The second kappa shape index (κ2) is 12.1. The Morgan fingerprint density at radius 2 is 1.67 bits per heavy atom. The van der Waals surface area contributed by atoms with Crippen molar-refractivity contribution in [2.45, 2.75) is 45.8 Å². The zero-order valence-corrected chi connectivity index (χ0v) is 26.1. The van der Waals surface area contributed by atoms with Crippen molar-refractivity contribution in [3.8, 4) is 11.1 Å². The number of nitrogens with one attached hydrogen (secondary N) is 2. The van der Waals surface area contributed by atoms with Crippen molar-refractivity contribution in [1.82, 2.24) is 10.2 Å². The number of carbonyl (C=O) groups excluding carboxylic acids is 2. The number of carbonyl (C=O) groups is 2. The van der Waals surface area contributed by atoms with E-state index in [1.165, 1.54) is 0 Å². The van der Waals surface area contributed by atoms with Gasteiger partial charge < -0.3 is 15.3 Å². The van der Waals surface area contributed by atoms with Gasteiger partial charge in [-0.05, 0) is 53.8 Å². The number of sulfonamides is 1. The van der Waals surface area contributed by atoms with Gasteiger partial charge in [-0.1, -0.05) is 81.8 Å². The van der Waals surface area contributed by atoms with Crippen LogP contribution in [0, 0.1) is 11.3 Å². The van der Waals surface area contributed by atoms with Gasteiger partial charge in [0.2, 0.25) is 15.9 Å². The van der Waals surface area contributed by atoms with Crippen molar-refractivity contribution in [3.05, 3.63) is 88.9 Å². The third-order valence-electron chi connectivity index (χ3n) is 7.96. The molecule has 42 heavy (non-hydrogen) atoms. The van der Waals surface area contributed by atoms with Gasteiger partial charge in [0.25, 0.3) is 5.91 Å². The summed E-state index contributed by atoms with van der Waals surface area (Å²) >= 11 is 6.06. The third kappa shape index (κ3) is 6.80. The lowest BCUT2D eigenvalue weighted by Crippen LogP contribution is -2.60. The summed E-state index contributed by atoms with van der Waals surface area (Å²) in [7, 11) is -3.51. The molecule has 0 saturated carbocycles. The molecule has 4 rings (SSSR count). The number of para-hydroxylation sites is 1. The first-order valence-electron chi connectivity index (χ1n) is 13.9. The van der Waals surface area contributed by atoms with Crippen LogP contribution in [0.2, 0.25) is 5.02 Å². The minimum Gasteiger partial charge on any atom is -0.384 e. The number of halogens is 1. The van der Waals surface area contributed by atoms with E-state index < -0.39 is 33.0 Å². The number of hydrogen-bond acceptors (Lipinski definition) is 5. The molecule has 0 aromatic heterocycles. The van der Waals surface area contributed by atoms with Gasteiger partial charge in [0, 0.05) is 34.7 Å². The van der Waals surface area contributed by atoms with Gasteiger partial charge >= 0.3 is 0 Å². The van der Waals surface area contributed by atoms with E-state index in [0.29, 0.717) is 46.9 Å². The fraction of sp³-hybridized carbons (Fsp3) is 0.375. The maximum Gasteiger partial charge on any atom is 0.251 e. The fourth-order valence-corrected chi connectivity index (χ4v) is 6.26. The van der Waals surface area contributed by atoms with E-state index in [1.54, 1.807) is 65.6 Å². The summed E-state index contributed by atoms with van der Waals surface area (Å²) in [6.07, 6.45) is 1.42. The number of aliphatic hydroxyl groups is 1. The van der Waals surface area contributed by atoms with Crippen LogP contribution in [-0.2, 0) is 20.4 Å². The largest absolute Gasteiger partial charge is 0.384 e. The van der Waals surface area contributed by atoms with E-state index in [-0.39, 0.29) is 11.8 Å². The highest BCUT2D eigenvalue weighted by atomic mass is 35.5. The average molecular weight is 612 g/mol. The molecule has 1 fully saturated rings. The molecule has 10 heteroatoms. The molecule has 3 aromatic rings. The molecule has 1 aliphatic rings. The number of nitrogens with zero attached hydrogens (tertiary/aromatic N) is 1. The van der Waals surface area contributed by atoms with Crippen LogP contribution < -0.4 is 10.0 Å². The lowest BCUT2D eigenvalue weighted by Gasteiger charge is -2.51. The van der Waals surface area contributed by atoms with E-state index in [2.05, 4.69) is 10.0 Å². The Balaban J connectivity index is 1.53. The summed E-state index contributed by atoms with van der Waals surface area (Å²) < 4.78 is 26.3. The van der Waals surface area contributed by atoms with E-state index in [0.717, 1.165) is 11.8 Å². The maximum absolute atomic E-state index is 13.8. The predicted octanol–water partition coefficient (Wildman–Crippen LogP) is 5.28. The third-order valence-corrected chi connectivity index (χ3v) is 8.80. The van der Waals surface area contributed by atoms with Crippen LogP contribution in [-0.4, -0.2) is 55.6 Å². The van der Waals surface area contributed by atoms with Crippen LogP contribution in [0.3, 0.4) is 0 Å². The van der Waals surface area contributed by atoms with Crippen LogP contribution in [0.1, 0.15) is 50.0 Å². The highest BCUT2D eigenvalue weighted by molar-refractivity contribution is 7.92. The molecule has 3 aromatic carbocycles. The second-order valence-electron chi connectivity index (χ2n) is 12.0. The molecule has 8 nitrogen and oxygen atoms in total. The van der Waals surface area contributed by atoms with Crippen molar-refractivity contribution >= 4 is 39.1 Å². The zero-order valence-electron chi connectivity index (χ0n) is 24.5. The van der Waals surface area contributed by atoms with Crippen molar-refractivity contribution < 1.29 is 23.1 Å². The molecule has 0 aliphatic carbocycles. The lowest BCUT2D eigenvalue weighted by molar-refractivity contribution is -0.155. The molecule has 2 atom stereocenters. The summed E-state index contributed by atoms with van der Waals surface area (Å²) in [5, 5.41) is 15.2. The molecule has 0 bridgehead atoms. The Kier molecular flexibility index (Phi) is 9.06. The van der Waals surface area contributed by atoms with Crippen LogP contribution in [0.25, 0.3) is 11.1 Å². The van der Waals surface area contributed by atoms with Crippen LogP contribution >= 0.6 is 11.6 Å². The number of likely N-dealkylation sites (tertiary alicyclic amines) is 1. The number of benzene rings is 3. The maximum atomic E-state index is 13.8. The highest BCUT2D eigenvalue weighted by Crippen LogP contribution is 2.46. The Morgan fingerprint density at radius 3 is 2.29 bits per heavy atom. The van der Waals surface area contributed by atoms with E-state index in [4.69, 9.17) is 11.6 Å². The minimum absolute atomic E-state index is 0.190. The molecule has 1 heterocycles. The molecule has 0 radical (unpaired) electrons. The van der Waals surface area contributed by atoms with Crippen molar-refractivity contribution in [2.75, 3.05) is 24.1 Å². The molecule has 3 N–H and O–H groups in total. The van der Waals surface area contributed by atoms with Gasteiger partial charge in [0.15, 0.2) is 0 Å². The number of anilines is 1. The molecule has 0 spiro atoms. The first-order chi connectivity index (χ1) is 19.6. The molecule has 2 amide bonds. The molecular formula is C32H38ClN3O5S. The Hall–Kier alpha value is -3.40. The van der Waals surface area contributed by atoms with Crippen LogP contribution in [0.4, 0.5) is 5.69 Å². The predicted molar refractivity (Wildman–Crippen MR) is 167 cm³/mol. The van der Waals surface area contributed by atoms with E-state index in [1.807, 2.05) is 39.8 Å². The summed E-state index contributed by atoms with van der Waals surface area (Å²) in [5.41, 5.74) is 0.968. The van der Waals surface area contributed by atoms with Gasteiger partial charge in [0.05, 0.1) is 17.5 Å². The Labute approximate surface area is 253 Å². The standard InChI is InChI=1S/C32H38ClN3O5S/c1-21(2)28(30(38)36-18-17-32(39,31(3,4)20-36)24-13-15-25(33)16-14-24)34-29(37)23-10-8-9-22(19-23)26-11-6-7-12-27(26)35-42(5,40)41/h6-16,19,21,28,35,39H,17-18,20H2,1-5H3,(H,34,37)/t28-,32+/m1/s1. The summed E-state index contributed by atoms with van der Waals surface area (Å²) in [4.78, 5) is 29.0. The van der Waals surface area contributed by atoms with Gasteiger partial charge in [-0.2, -0.15) is 0 Å². The van der Waals surface area contributed by atoms with E-state index >= 15 is 0 Å². The first-order valence-corrected chi connectivity index (χ1v) is 16.1. The van der Waals surface area contributed by atoms with Gasteiger partial charge in [-0.3, -0.25) is 14.3 Å². The molecule has 0 unspecified atom stereocenters. The van der Waals surface area contributed by atoms with Gasteiger partial charge in [-0.25, -0.2) is 8.42 Å². The monoisotopic (exact) mass is 611 g/mol. The van der Waals surface area contributed by atoms with Crippen molar-refractivity contribution in [2.24, 2.45) is 11.3 Å². The van der Waals surface area contributed by atoms with E-state index in [9.17, 15) is 23.1 Å². The molecular weight excluding hydrogens is 574 g/mol.